The van der Waals surface area contributed by atoms with Crippen LogP contribution in [0, 0.1) is 5.82 Å². The average Bonchev–Trinajstić information content (AvgIpc) is 3.16. The lowest BCUT2D eigenvalue weighted by Crippen LogP contribution is -2.57. The van der Waals surface area contributed by atoms with Crippen LogP contribution in [0.1, 0.15) is 57.4 Å². The van der Waals surface area contributed by atoms with Crippen LogP contribution < -0.4 is 20.7 Å². The maximum Gasteiger partial charge on any atom is 0.328 e. The van der Waals surface area contributed by atoms with Gasteiger partial charge in [-0.2, -0.15) is 0 Å². The minimum Gasteiger partial charge on any atom is -0.489 e. The predicted octanol–water partition coefficient (Wildman–Crippen LogP) is 4.85. The number of halogens is 1. The number of likely N-dealkylation sites (tertiary alicyclic amines) is 1. The van der Waals surface area contributed by atoms with Crippen LogP contribution in [-0.4, -0.2) is 54.1 Å². The molecule has 3 aliphatic rings. The third-order valence-electron chi connectivity index (χ3n) is 7.91. The number of anilines is 1. The second-order valence-corrected chi connectivity index (χ2v) is 10.6. The summed E-state index contributed by atoms with van der Waals surface area (Å²) in [6.07, 6.45) is 7.15. The molecule has 198 valence electrons. The minimum absolute atomic E-state index is 0.0341. The zero-order valence-corrected chi connectivity index (χ0v) is 21.7. The number of nitrogens with two attached hydrogens (primary N) is 1. The van der Waals surface area contributed by atoms with E-state index < -0.39 is 5.54 Å². The summed E-state index contributed by atoms with van der Waals surface area (Å²) in [4.78, 5) is 22.6. The molecule has 37 heavy (non-hydrogen) atoms. The largest absolute Gasteiger partial charge is 0.489 e. The maximum atomic E-state index is 14.2. The Kier molecular flexibility index (Phi) is 7.76. The van der Waals surface area contributed by atoms with Gasteiger partial charge in [-0.25, -0.2) is 9.18 Å². The molecule has 2 aliphatic heterocycles. The molecule has 0 radical (unpaired) electrons. The fourth-order valence-electron chi connectivity index (χ4n) is 5.90. The highest BCUT2D eigenvalue weighted by Crippen LogP contribution is 2.39. The summed E-state index contributed by atoms with van der Waals surface area (Å²) in [5.41, 5.74) is 6.89. The number of hydrogen-bond acceptors (Lipinski definition) is 5. The van der Waals surface area contributed by atoms with E-state index in [1.54, 1.807) is 11.0 Å². The SMILES string of the molecule is C[C@H](CN)Oc1cccc(CN2CCC3(CC2)C(=NC2CCCCC2)NC(=O)N3c2cccc(F)c2)c1. The quantitative estimate of drug-likeness (QED) is 0.561. The van der Waals surface area contributed by atoms with E-state index in [2.05, 4.69) is 22.3 Å². The Morgan fingerprint density at radius 3 is 2.62 bits per heavy atom. The summed E-state index contributed by atoms with van der Waals surface area (Å²) in [5.74, 6) is 1.25. The summed E-state index contributed by atoms with van der Waals surface area (Å²) in [6, 6.07) is 14.5. The number of nitrogens with zero attached hydrogens (tertiary/aromatic N) is 3. The maximum absolute atomic E-state index is 14.2. The van der Waals surface area contributed by atoms with E-state index >= 15 is 0 Å². The highest BCUT2D eigenvalue weighted by Gasteiger charge is 2.53. The average molecular weight is 508 g/mol. The summed E-state index contributed by atoms with van der Waals surface area (Å²) < 4.78 is 20.1. The molecule has 8 heteroatoms. The van der Waals surface area contributed by atoms with Gasteiger partial charge >= 0.3 is 6.03 Å². The van der Waals surface area contributed by atoms with Crippen molar-refractivity contribution in [2.75, 3.05) is 24.5 Å². The standard InChI is InChI=1S/C29H38FN5O2/c1-21(19-31)37-26-12-5-7-22(17-26)20-34-15-13-29(14-16-34)27(32-24-9-3-2-4-10-24)33-28(36)35(29)25-11-6-8-23(30)18-25/h5-8,11-12,17-18,21,24H,2-4,9-10,13-16,19-20,31H2,1H3,(H,32,33,36)/t21-/m1/s1. The monoisotopic (exact) mass is 507 g/mol. The number of ether oxygens (including phenoxy) is 1. The van der Waals surface area contributed by atoms with Gasteiger partial charge in [0.1, 0.15) is 29.0 Å². The summed E-state index contributed by atoms with van der Waals surface area (Å²) >= 11 is 0. The number of benzene rings is 2. The summed E-state index contributed by atoms with van der Waals surface area (Å²) in [5, 5.41) is 3.09. The van der Waals surface area contributed by atoms with Gasteiger partial charge in [0.15, 0.2) is 0 Å². The lowest BCUT2D eigenvalue weighted by molar-refractivity contribution is 0.183. The number of piperidine rings is 1. The first-order valence-electron chi connectivity index (χ1n) is 13.6. The Morgan fingerprint density at radius 1 is 1.14 bits per heavy atom. The zero-order valence-electron chi connectivity index (χ0n) is 21.7. The Bertz CT molecular complexity index is 1120. The van der Waals surface area contributed by atoms with E-state index in [0.717, 1.165) is 56.9 Å². The van der Waals surface area contributed by atoms with Gasteiger partial charge in [0.25, 0.3) is 0 Å². The van der Waals surface area contributed by atoms with Crippen molar-refractivity contribution in [3.05, 3.63) is 59.9 Å². The smallest absolute Gasteiger partial charge is 0.328 e. The van der Waals surface area contributed by atoms with Crippen LogP contribution in [0.5, 0.6) is 5.75 Å². The van der Waals surface area contributed by atoms with Crippen LogP contribution >= 0.6 is 0 Å². The predicted molar refractivity (Wildman–Crippen MR) is 145 cm³/mol. The zero-order chi connectivity index (χ0) is 25.8. The third kappa shape index (κ3) is 5.65. The molecule has 1 atom stereocenters. The number of nitrogens with one attached hydrogen (secondary N) is 1. The molecule has 2 aromatic rings. The molecule has 1 aliphatic carbocycles. The number of hydrogen-bond donors (Lipinski definition) is 2. The number of carbonyl (C=O) groups is 1. The first-order chi connectivity index (χ1) is 18.0. The molecule has 3 N–H and O–H groups in total. The van der Waals surface area contributed by atoms with E-state index in [4.69, 9.17) is 15.5 Å². The number of amidine groups is 1. The van der Waals surface area contributed by atoms with Crippen molar-refractivity contribution in [2.24, 2.45) is 10.7 Å². The van der Waals surface area contributed by atoms with Crippen LogP contribution in [0.3, 0.4) is 0 Å². The molecule has 2 heterocycles. The number of urea groups is 1. The fourth-order valence-corrected chi connectivity index (χ4v) is 5.90. The van der Waals surface area contributed by atoms with Crippen LogP contribution in [0.25, 0.3) is 0 Å². The molecule has 1 spiro atoms. The lowest BCUT2D eigenvalue weighted by atomic mass is 9.84. The van der Waals surface area contributed by atoms with Gasteiger partial charge in [0.2, 0.25) is 0 Å². The van der Waals surface area contributed by atoms with Gasteiger partial charge < -0.3 is 10.5 Å². The topological polar surface area (TPSA) is 83.2 Å². The van der Waals surface area contributed by atoms with Gasteiger partial charge in [-0.3, -0.25) is 20.1 Å². The van der Waals surface area contributed by atoms with Crippen LogP contribution in [0.2, 0.25) is 0 Å². The molecule has 0 aromatic heterocycles. The first-order valence-corrected chi connectivity index (χ1v) is 13.6. The molecular formula is C29H38FN5O2. The molecule has 2 aromatic carbocycles. The lowest BCUT2D eigenvalue weighted by Gasteiger charge is -2.44. The van der Waals surface area contributed by atoms with Crippen molar-refractivity contribution in [1.82, 2.24) is 10.2 Å². The van der Waals surface area contributed by atoms with E-state index in [-0.39, 0.29) is 24.0 Å². The number of aliphatic imine (C=N–C) groups is 1. The van der Waals surface area contributed by atoms with Crippen molar-refractivity contribution in [2.45, 2.75) is 76.1 Å². The van der Waals surface area contributed by atoms with Crippen molar-refractivity contribution >= 4 is 17.6 Å². The van der Waals surface area contributed by atoms with Gasteiger partial charge in [0, 0.05) is 31.9 Å². The van der Waals surface area contributed by atoms with Crippen molar-refractivity contribution in [1.29, 1.82) is 0 Å². The molecule has 1 saturated carbocycles. The van der Waals surface area contributed by atoms with Crippen LogP contribution in [0.15, 0.2) is 53.5 Å². The Balaban J connectivity index is 1.37. The normalized spacial score (nSPS) is 22.4. The molecule has 0 bridgehead atoms. The Hall–Kier alpha value is -2.97. The summed E-state index contributed by atoms with van der Waals surface area (Å²) in [7, 11) is 0. The van der Waals surface area contributed by atoms with Crippen molar-refractivity contribution in [3.63, 3.8) is 0 Å². The van der Waals surface area contributed by atoms with Crippen LogP contribution in [-0.2, 0) is 6.54 Å². The van der Waals surface area contributed by atoms with Gasteiger partial charge in [-0.1, -0.05) is 37.5 Å². The minimum atomic E-state index is -0.583. The third-order valence-corrected chi connectivity index (χ3v) is 7.91. The highest BCUT2D eigenvalue weighted by atomic mass is 19.1. The fraction of sp³-hybridized carbons (Fsp3) is 0.517. The number of rotatable bonds is 7. The van der Waals surface area contributed by atoms with Crippen LogP contribution in [0.4, 0.5) is 14.9 Å². The van der Waals surface area contributed by atoms with Crippen molar-refractivity contribution < 1.29 is 13.9 Å². The molecule has 0 unspecified atom stereocenters. The van der Waals surface area contributed by atoms with Gasteiger partial charge in [-0.05, 0) is 68.5 Å². The Labute approximate surface area is 218 Å². The van der Waals surface area contributed by atoms with Gasteiger partial charge in [-0.15, -0.1) is 0 Å². The Morgan fingerprint density at radius 2 is 1.89 bits per heavy atom. The molecule has 2 saturated heterocycles. The molecular weight excluding hydrogens is 469 g/mol. The van der Waals surface area contributed by atoms with E-state index in [0.29, 0.717) is 12.2 Å². The van der Waals surface area contributed by atoms with Gasteiger partial charge in [0.05, 0.1) is 6.04 Å². The second kappa shape index (κ2) is 11.2. The van der Waals surface area contributed by atoms with E-state index in [9.17, 15) is 9.18 Å². The number of amides is 2. The van der Waals surface area contributed by atoms with E-state index in [1.807, 2.05) is 25.1 Å². The van der Waals surface area contributed by atoms with Crippen molar-refractivity contribution in [3.8, 4) is 5.75 Å². The molecule has 7 nitrogen and oxygen atoms in total. The molecule has 5 rings (SSSR count). The molecule has 3 fully saturated rings. The second-order valence-electron chi connectivity index (χ2n) is 10.6. The molecule has 2 amide bonds. The highest BCUT2D eigenvalue weighted by molar-refractivity contribution is 6.19. The summed E-state index contributed by atoms with van der Waals surface area (Å²) in [6.45, 7) is 4.83. The number of carbonyl (C=O) groups excluding carboxylic acids is 1. The first kappa shape index (κ1) is 25.7. The van der Waals surface area contributed by atoms with E-state index in [1.165, 1.54) is 37.0 Å².